The second-order valence-electron chi connectivity index (χ2n) is 11.5. The van der Waals surface area contributed by atoms with E-state index in [0.29, 0.717) is 17.0 Å². The van der Waals surface area contributed by atoms with Gasteiger partial charge in [-0.25, -0.2) is 0 Å². The highest BCUT2D eigenvalue weighted by molar-refractivity contribution is 7.17. The van der Waals surface area contributed by atoms with E-state index in [0.717, 1.165) is 10.4 Å². The molecule has 0 atom stereocenters. The summed E-state index contributed by atoms with van der Waals surface area (Å²) in [7, 11) is 0. The van der Waals surface area contributed by atoms with Crippen molar-refractivity contribution in [3.63, 3.8) is 0 Å². The number of primary amides is 1. The zero-order chi connectivity index (χ0) is 23.5. The number of nitrogens with one attached hydrogen (secondary N) is 1. The van der Waals surface area contributed by atoms with Crippen molar-refractivity contribution in [2.24, 2.45) is 22.0 Å². The Labute approximate surface area is 184 Å². The number of aliphatic hydroxyl groups is 1. The van der Waals surface area contributed by atoms with Crippen LogP contribution >= 0.6 is 11.3 Å². The van der Waals surface area contributed by atoms with Gasteiger partial charge in [-0.05, 0) is 44.1 Å². The fourth-order valence-corrected chi connectivity index (χ4v) is 6.49. The Bertz CT molecular complexity index is 840. The second-order valence-corrected chi connectivity index (χ2v) is 12.6. The van der Waals surface area contributed by atoms with Crippen LogP contribution in [0.2, 0.25) is 0 Å². The Morgan fingerprint density at radius 1 is 1.10 bits per heavy atom. The number of hydrogen-bond acceptors (Lipinski definition) is 5. The summed E-state index contributed by atoms with van der Waals surface area (Å²) >= 11 is 1.33. The van der Waals surface area contributed by atoms with Crippen molar-refractivity contribution in [1.82, 2.24) is 0 Å². The number of carbonyl (C=O) groups is 2. The van der Waals surface area contributed by atoms with Crippen molar-refractivity contribution in [1.29, 1.82) is 0 Å². The van der Waals surface area contributed by atoms with Crippen LogP contribution in [-0.2, 0) is 21.6 Å². The molecular formula is C23H38N2O4S. The lowest BCUT2D eigenvalue weighted by atomic mass is 9.54. The minimum Gasteiger partial charge on any atom is -0.395 e. The zero-order valence-corrected chi connectivity index (χ0v) is 20.9. The third-order valence-electron chi connectivity index (χ3n) is 6.35. The number of amides is 2. The molecule has 1 aromatic heterocycles. The maximum Gasteiger partial charge on any atom is 0.251 e. The molecule has 0 fully saturated rings. The fraction of sp³-hybridized carbons (Fsp3) is 0.739. The molecule has 1 aliphatic heterocycles. The van der Waals surface area contributed by atoms with Gasteiger partial charge in [0.1, 0.15) is 5.00 Å². The highest BCUT2D eigenvalue weighted by Crippen LogP contribution is 2.53. The van der Waals surface area contributed by atoms with Crippen LogP contribution in [0.1, 0.15) is 90.0 Å². The van der Waals surface area contributed by atoms with E-state index in [2.05, 4.69) is 5.32 Å². The van der Waals surface area contributed by atoms with E-state index in [4.69, 9.17) is 10.5 Å². The summed E-state index contributed by atoms with van der Waals surface area (Å²) in [6.07, 6.45) is 0.528. The molecule has 0 radical (unpaired) electrons. The third kappa shape index (κ3) is 3.92. The van der Waals surface area contributed by atoms with Gasteiger partial charge in [-0.2, -0.15) is 0 Å². The molecule has 0 unspecified atom stereocenters. The first kappa shape index (κ1) is 24.8. The van der Waals surface area contributed by atoms with E-state index < -0.39 is 33.4 Å². The summed E-state index contributed by atoms with van der Waals surface area (Å²) in [6, 6.07) is 0. The lowest BCUT2D eigenvalue weighted by Crippen LogP contribution is -2.57. The van der Waals surface area contributed by atoms with Gasteiger partial charge in [-0.1, -0.05) is 41.5 Å². The Morgan fingerprint density at radius 2 is 1.60 bits per heavy atom. The van der Waals surface area contributed by atoms with Gasteiger partial charge in [0, 0.05) is 11.3 Å². The van der Waals surface area contributed by atoms with Crippen LogP contribution in [-0.4, -0.2) is 29.1 Å². The van der Waals surface area contributed by atoms with E-state index in [1.165, 1.54) is 11.3 Å². The van der Waals surface area contributed by atoms with Crippen molar-refractivity contribution in [2.45, 2.75) is 86.9 Å². The summed E-state index contributed by atoms with van der Waals surface area (Å²) < 4.78 is 6.24. The smallest absolute Gasteiger partial charge is 0.251 e. The minimum absolute atomic E-state index is 0.315. The molecule has 4 N–H and O–H groups in total. The molecule has 2 heterocycles. The molecule has 1 aromatic rings. The van der Waals surface area contributed by atoms with Crippen LogP contribution < -0.4 is 11.1 Å². The lowest BCUT2D eigenvalue weighted by molar-refractivity contribution is -0.149. The van der Waals surface area contributed by atoms with Crippen molar-refractivity contribution in [2.75, 3.05) is 11.9 Å². The fourth-order valence-electron chi connectivity index (χ4n) is 5.23. The number of nitrogens with two attached hydrogens (primary N) is 1. The van der Waals surface area contributed by atoms with E-state index in [-0.39, 0.29) is 12.5 Å². The standard InChI is InChI=1S/C23H38N2O4S/c1-19(2,3)23(12-26,20(4,5)6)18(28)25-17-14(16(24)27)13-11-21(7,8)29-22(9,10)15(13)30-17/h26H,11-12H2,1-10H3,(H2,24,27)(H,25,28). The molecular weight excluding hydrogens is 400 g/mol. The zero-order valence-electron chi connectivity index (χ0n) is 20.1. The number of hydrogen-bond donors (Lipinski definition) is 3. The first-order valence-corrected chi connectivity index (χ1v) is 11.2. The van der Waals surface area contributed by atoms with Gasteiger partial charge in [0.15, 0.2) is 0 Å². The first-order valence-electron chi connectivity index (χ1n) is 10.4. The molecule has 0 aromatic carbocycles. The number of carbonyl (C=O) groups excluding carboxylic acids is 2. The van der Waals surface area contributed by atoms with E-state index in [9.17, 15) is 14.7 Å². The number of ether oxygens (including phenoxy) is 1. The number of aliphatic hydroxyl groups excluding tert-OH is 1. The van der Waals surface area contributed by atoms with Crippen LogP contribution in [0.3, 0.4) is 0 Å². The van der Waals surface area contributed by atoms with Gasteiger partial charge in [-0.3, -0.25) is 9.59 Å². The quantitative estimate of drug-likeness (QED) is 0.646. The van der Waals surface area contributed by atoms with Crippen molar-refractivity contribution in [3.8, 4) is 0 Å². The Hall–Kier alpha value is -1.44. The van der Waals surface area contributed by atoms with Gasteiger partial charge >= 0.3 is 0 Å². The van der Waals surface area contributed by atoms with Crippen LogP contribution in [0.5, 0.6) is 0 Å². The van der Waals surface area contributed by atoms with Crippen molar-refractivity contribution in [3.05, 3.63) is 16.0 Å². The molecule has 0 saturated carbocycles. The molecule has 2 amide bonds. The molecule has 0 bridgehead atoms. The topological polar surface area (TPSA) is 102 Å². The lowest BCUT2D eigenvalue weighted by Gasteiger charge is -2.50. The predicted molar refractivity (Wildman–Crippen MR) is 122 cm³/mol. The molecule has 1 aliphatic rings. The van der Waals surface area contributed by atoms with Crippen LogP contribution in [0, 0.1) is 16.2 Å². The summed E-state index contributed by atoms with van der Waals surface area (Å²) in [4.78, 5) is 27.0. The second kappa shape index (κ2) is 7.31. The molecule has 7 heteroatoms. The van der Waals surface area contributed by atoms with Crippen molar-refractivity contribution < 1.29 is 19.4 Å². The number of rotatable bonds is 4. The van der Waals surface area contributed by atoms with Gasteiger partial charge < -0.3 is 20.9 Å². The number of fused-ring (bicyclic) bond motifs is 1. The van der Waals surface area contributed by atoms with Crippen LogP contribution in [0.15, 0.2) is 0 Å². The van der Waals surface area contributed by atoms with Gasteiger partial charge in [0.25, 0.3) is 5.91 Å². The molecule has 6 nitrogen and oxygen atoms in total. The van der Waals surface area contributed by atoms with E-state index >= 15 is 0 Å². The molecule has 30 heavy (non-hydrogen) atoms. The summed E-state index contributed by atoms with van der Waals surface area (Å²) in [5.41, 5.74) is 3.75. The minimum atomic E-state index is -1.08. The molecule has 0 spiro atoms. The largest absolute Gasteiger partial charge is 0.395 e. The summed E-state index contributed by atoms with van der Waals surface area (Å²) in [5, 5.41) is 13.8. The highest BCUT2D eigenvalue weighted by atomic mass is 32.1. The Kier molecular flexibility index (Phi) is 6.05. The molecule has 0 aliphatic carbocycles. The number of thiophene rings is 1. The first-order chi connectivity index (χ1) is 13.3. The maximum absolute atomic E-state index is 13.7. The van der Waals surface area contributed by atoms with Crippen LogP contribution in [0.4, 0.5) is 5.00 Å². The Balaban J connectivity index is 2.66. The van der Waals surface area contributed by atoms with Crippen molar-refractivity contribution >= 4 is 28.2 Å². The maximum atomic E-state index is 13.7. The normalized spacial score (nSPS) is 18.6. The Morgan fingerprint density at radius 3 is 2.00 bits per heavy atom. The average molecular weight is 439 g/mol. The number of anilines is 1. The SMILES string of the molecule is CC1(C)Cc2c(sc(NC(=O)C(CO)(C(C)(C)C)C(C)(C)C)c2C(N)=O)C(C)(C)O1. The summed E-state index contributed by atoms with van der Waals surface area (Å²) in [5.74, 6) is -0.888. The average Bonchev–Trinajstić information content (AvgIpc) is 2.81. The third-order valence-corrected chi connectivity index (χ3v) is 7.80. The van der Waals surface area contributed by atoms with Gasteiger partial charge in [0.05, 0.1) is 28.8 Å². The molecule has 0 saturated heterocycles. The monoisotopic (exact) mass is 438 g/mol. The predicted octanol–water partition coefficient (Wildman–Crippen LogP) is 4.44. The summed E-state index contributed by atoms with van der Waals surface area (Å²) in [6.45, 7) is 19.2. The van der Waals surface area contributed by atoms with Gasteiger partial charge in [0.2, 0.25) is 5.91 Å². The van der Waals surface area contributed by atoms with E-state index in [1.807, 2.05) is 69.2 Å². The molecule has 170 valence electrons. The molecule has 2 rings (SSSR count). The van der Waals surface area contributed by atoms with Gasteiger partial charge in [-0.15, -0.1) is 11.3 Å². The van der Waals surface area contributed by atoms with E-state index in [1.54, 1.807) is 0 Å². The van der Waals surface area contributed by atoms with Crippen LogP contribution in [0.25, 0.3) is 0 Å². The highest BCUT2D eigenvalue weighted by Gasteiger charge is 2.56.